The number of nitrogens with two attached hydrogens (primary N) is 2. The average Bonchev–Trinajstić information content (AvgIpc) is 2.29. The summed E-state index contributed by atoms with van der Waals surface area (Å²) in [7, 11) is 0. The molecule has 3 heteroatoms. The second kappa shape index (κ2) is 6.38. The zero-order chi connectivity index (χ0) is 12.0. The fraction of sp³-hybridized carbons (Fsp3) is 0.538. The molecule has 0 unspecified atom stereocenters. The Balaban J connectivity index is 2.45. The van der Waals surface area contributed by atoms with Crippen molar-refractivity contribution in [3.8, 4) is 0 Å². The van der Waals surface area contributed by atoms with Gasteiger partial charge in [0.1, 0.15) is 0 Å². The molecule has 4 N–H and O–H groups in total. The first-order valence-corrected chi connectivity index (χ1v) is 6.03. The monoisotopic (exact) mass is 221 g/mol. The number of nitrogen functional groups attached to an aromatic ring is 2. The van der Waals surface area contributed by atoms with E-state index in [1.54, 1.807) is 0 Å². The van der Waals surface area contributed by atoms with Gasteiger partial charge in [-0.3, -0.25) is 0 Å². The Labute approximate surface area is 98.4 Å². The summed E-state index contributed by atoms with van der Waals surface area (Å²) in [5.74, 6) is 0. The topological polar surface area (TPSA) is 55.3 Å². The molecule has 3 nitrogen and oxygen atoms in total. The Kier molecular flexibility index (Phi) is 5.12. The number of nitrogens with zero attached hydrogens (tertiary/aromatic N) is 1. The molecule has 0 radical (unpaired) electrons. The van der Waals surface area contributed by atoms with Crippen LogP contribution in [0.15, 0.2) is 18.2 Å². The molecule has 16 heavy (non-hydrogen) atoms. The molecule has 0 amide bonds. The van der Waals surface area contributed by atoms with Crippen LogP contribution < -0.4 is 11.5 Å². The lowest BCUT2D eigenvalue weighted by Crippen LogP contribution is -2.24. The highest BCUT2D eigenvalue weighted by Gasteiger charge is 2.02. The lowest BCUT2D eigenvalue weighted by molar-refractivity contribution is 0.300. The first kappa shape index (κ1) is 12.8. The molecule has 0 heterocycles. The highest BCUT2D eigenvalue weighted by molar-refractivity contribution is 5.55. The van der Waals surface area contributed by atoms with Gasteiger partial charge in [0.25, 0.3) is 0 Å². The summed E-state index contributed by atoms with van der Waals surface area (Å²) in [6.45, 7) is 7.74. The quantitative estimate of drug-likeness (QED) is 0.723. The number of rotatable bonds is 6. The fourth-order valence-electron chi connectivity index (χ4n) is 1.88. The third-order valence-electron chi connectivity index (χ3n) is 2.98. The largest absolute Gasteiger partial charge is 0.399 e. The third-order valence-corrected chi connectivity index (χ3v) is 2.98. The van der Waals surface area contributed by atoms with Crippen molar-refractivity contribution in [2.75, 3.05) is 31.1 Å². The maximum Gasteiger partial charge on any atom is 0.0348 e. The van der Waals surface area contributed by atoms with Crippen molar-refractivity contribution in [3.05, 3.63) is 23.8 Å². The zero-order valence-corrected chi connectivity index (χ0v) is 10.4. The number of aryl methyl sites for hydroxylation is 1. The number of hydrogen-bond donors (Lipinski definition) is 2. The zero-order valence-electron chi connectivity index (χ0n) is 10.4. The second-order valence-corrected chi connectivity index (χ2v) is 4.09. The molecule has 1 aromatic carbocycles. The van der Waals surface area contributed by atoms with E-state index in [9.17, 15) is 0 Å². The Bertz CT molecular complexity index is 319. The summed E-state index contributed by atoms with van der Waals surface area (Å²) < 4.78 is 0. The molecule has 1 rings (SSSR count). The molecule has 1 aromatic rings. The predicted octanol–water partition coefficient (Wildman–Crippen LogP) is 2.13. The van der Waals surface area contributed by atoms with Gasteiger partial charge in [0.2, 0.25) is 0 Å². The SMILES string of the molecule is CCN(CC)CCCc1cc(N)ccc1N. The van der Waals surface area contributed by atoms with Crippen LogP contribution >= 0.6 is 0 Å². The molecule has 0 saturated carbocycles. The van der Waals surface area contributed by atoms with Crippen LogP contribution in [0.3, 0.4) is 0 Å². The molecule has 0 atom stereocenters. The van der Waals surface area contributed by atoms with Gasteiger partial charge in [-0.1, -0.05) is 13.8 Å². The molecule has 0 aliphatic carbocycles. The summed E-state index contributed by atoms with van der Waals surface area (Å²) in [5, 5.41) is 0. The fourth-order valence-corrected chi connectivity index (χ4v) is 1.88. The molecule has 0 aliphatic rings. The molecule has 0 bridgehead atoms. The maximum absolute atomic E-state index is 5.90. The van der Waals surface area contributed by atoms with Gasteiger partial charge in [0.15, 0.2) is 0 Å². The Morgan fingerprint density at radius 3 is 2.44 bits per heavy atom. The van der Waals surface area contributed by atoms with Gasteiger partial charge >= 0.3 is 0 Å². The Hall–Kier alpha value is -1.22. The van der Waals surface area contributed by atoms with Crippen LogP contribution in [0, 0.1) is 0 Å². The van der Waals surface area contributed by atoms with Gasteiger partial charge in [0, 0.05) is 11.4 Å². The average molecular weight is 221 g/mol. The summed E-state index contributed by atoms with van der Waals surface area (Å²) >= 11 is 0. The van der Waals surface area contributed by atoms with Crippen molar-refractivity contribution >= 4 is 11.4 Å². The van der Waals surface area contributed by atoms with E-state index < -0.39 is 0 Å². The van der Waals surface area contributed by atoms with E-state index in [-0.39, 0.29) is 0 Å². The first-order chi connectivity index (χ1) is 7.67. The van der Waals surface area contributed by atoms with Gasteiger partial charge in [-0.15, -0.1) is 0 Å². The van der Waals surface area contributed by atoms with E-state index in [0.717, 1.165) is 43.9 Å². The van der Waals surface area contributed by atoms with E-state index in [1.807, 2.05) is 18.2 Å². The van der Waals surface area contributed by atoms with E-state index in [0.29, 0.717) is 0 Å². The lowest BCUT2D eigenvalue weighted by atomic mass is 10.1. The van der Waals surface area contributed by atoms with Gasteiger partial charge < -0.3 is 16.4 Å². The number of hydrogen-bond acceptors (Lipinski definition) is 3. The molecule has 0 saturated heterocycles. The Morgan fingerprint density at radius 1 is 1.12 bits per heavy atom. The van der Waals surface area contributed by atoms with Crippen LogP contribution in [0.4, 0.5) is 11.4 Å². The van der Waals surface area contributed by atoms with Gasteiger partial charge in [-0.25, -0.2) is 0 Å². The van der Waals surface area contributed by atoms with Crippen molar-refractivity contribution in [1.29, 1.82) is 0 Å². The first-order valence-electron chi connectivity index (χ1n) is 6.03. The van der Waals surface area contributed by atoms with Crippen LogP contribution in [0.1, 0.15) is 25.8 Å². The van der Waals surface area contributed by atoms with Crippen molar-refractivity contribution < 1.29 is 0 Å². The smallest absolute Gasteiger partial charge is 0.0348 e. The van der Waals surface area contributed by atoms with Crippen molar-refractivity contribution in [2.24, 2.45) is 0 Å². The predicted molar refractivity (Wildman–Crippen MR) is 71.4 cm³/mol. The molecule has 0 spiro atoms. The third kappa shape index (κ3) is 3.74. The summed E-state index contributed by atoms with van der Waals surface area (Å²) in [6, 6.07) is 5.73. The maximum atomic E-state index is 5.90. The molecule has 0 aliphatic heterocycles. The van der Waals surface area contributed by atoms with Crippen molar-refractivity contribution in [2.45, 2.75) is 26.7 Å². The van der Waals surface area contributed by atoms with E-state index in [2.05, 4.69) is 18.7 Å². The number of benzene rings is 1. The summed E-state index contributed by atoms with van der Waals surface area (Å²) in [4.78, 5) is 2.42. The van der Waals surface area contributed by atoms with Gasteiger partial charge in [-0.2, -0.15) is 0 Å². The van der Waals surface area contributed by atoms with Crippen LogP contribution in [-0.4, -0.2) is 24.5 Å². The van der Waals surface area contributed by atoms with Crippen LogP contribution in [0.2, 0.25) is 0 Å². The van der Waals surface area contributed by atoms with Gasteiger partial charge in [-0.05, 0) is 56.2 Å². The minimum Gasteiger partial charge on any atom is -0.399 e. The van der Waals surface area contributed by atoms with Crippen LogP contribution in [0.25, 0.3) is 0 Å². The summed E-state index contributed by atoms with van der Waals surface area (Å²) in [5.41, 5.74) is 14.5. The Morgan fingerprint density at radius 2 is 1.81 bits per heavy atom. The molecular formula is C13H23N3. The van der Waals surface area contributed by atoms with Gasteiger partial charge in [0.05, 0.1) is 0 Å². The normalized spacial score (nSPS) is 10.9. The van der Waals surface area contributed by atoms with Crippen LogP contribution in [0.5, 0.6) is 0 Å². The highest BCUT2D eigenvalue weighted by Crippen LogP contribution is 2.17. The van der Waals surface area contributed by atoms with Crippen molar-refractivity contribution in [3.63, 3.8) is 0 Å². The van der Waals surface area contributed by atoms with E-state index >= 15 is 0 Å². The van der Waals surface area contributed by atoms with Crippen molar-refractivity contribution in [1.82, 2.24) is 4.90 Å². The minimum atomic E-state index is 0.798. The molecule has 0 aromatic heterocycles. The molecular weight excluding hydrogens is 198 g/mol. The summed E-state index contributed by atoms with van der Waals surface area (Å²) in [6.07, 6.45) is 2.14. The number of anilines is 2. The minimum absolute atomic E-state index is 0.798. The highest BCUT2D eigenvalue weighted by atomic mass is 15.1. The molecule has 0 fully saturated rings. The standard InChI is InChI=1S/C13H23N3/c1-3-16(4-2)9-5-6-11-10-12(14)7-8-13(11)15/h7-8,10H,3-6,9,14-15H2,1-2H3. The molecule has 90 valence electrons. The van der Waals surface area contributed by atoms with Crippen LogP contribution in [-0.2, 0) is 6.42 Å². The van der Waals surface area contributed by atoms with E-state index in [4.69, 9.17) is 11.5 Å². The van der Waals surface area contributed by atoms with E-state index in [1.165, 1.54) is 5.56 Å². The lowest BCUT2D eigenvalue weighted by Gasteiger charge is -2.17. The second-order valence-electron chi connectivity index (χ2n) is 4.09.